The summed E-state index contributed by atoms with van der Waals surface area (Å²) in [7, 11) is 0. The first-order chi connectivity index (χ1) is 7.00. The van der Waals surface area contributed by atoms with E-state index in [1.807, 2.05) is 13.8 Å². The highest BCUT2D eigenvalue weighted by atomic mass is 16.3. The van der Waals surface area contributed by atoms with Crippen LogP contribution in [0.15, 0.2) is 0 Å². The van der Waals surface area contributed by atoms with Crippen LogP contribution < -0.4 is 0 Å². The molecule has 0 aliphatic rings. The molecule has 83 valence electrons. The molecule has 0 aliphatic carbocycles. The van der Waals surface area contributed by atoms with Gasteiger partial charge in [0.05, 0.1) is 0 Å². The Hall–Kier alpha value is -0.980. The van der Waals surface area contributed by atoms with Crippen molar-refractivity contribution in [2.24, 2.45) is 0 Å². The van der Waals surface area contributed by atoms with Crippen LogP contribution in [0.3, 0.4) is 0 Å². The molecule has 0 saturated heterocycles. The molecule has 0 spiro atoms. The Bertz CT molecular complexity index is 335. The first-order valence-corrected chi connectivity index (χ1v) is 5.76. The van der Waals surface area contributed by atoms with Gasteiger partial charge in [-0.15, -0.1) is 0 Å². The summed E-state index contributed by atoms with van der Waals surface area (Å²) in [5.41, 5.74) is 5.63. The molecule has 0 N–H and O–H groups in total. The van der Waals surface area contributed by atoms with E-state index in [1.165, 1.54) is 11.1 Å². The molecule has 1 heteroatoms. The third-order valence-electron chi connectivity index (χ3n) is 3.54. The van der Waals surface area contributed by atoms with Crippen molar-refractivity contribution in [1.29, 1.82) is 0 Å². The topological polar surface area (TPSA) is 19.9 Å². The van der Waals surface area contributed by atoms with Crippen molar-refractivity contribution in [2.45, 2.75) is 53.9 Å². The van der Waals surface area contributed by atoms with Gasteiger partial charge in [-0.2, -0.15) is 0 Å². The van der Waals surface area contributed by atoms with Crippen LogP contribution >= 0.6 is 0 Å². The monoisotopic (exact) mass is 205 g/mol. The molecule has 1 nitrogen and oxygen atoms in total. The van der Waals surface area contributed by atoms with Crippen molar-refractivity contribution in [3.63, 3.8) is 0 Å². The average Bonchev–Trinajstić information content (AvgIpc) is 2.24. The molecule has 0 aromatic heterocycles. The third-order valence-corrected chi connectivity index (χ3v) is 3.54. The van der Waals surface area contributed by atoms with Crippen LogP contribution in [-0.2, 0) is 11.5 Å². The molecular formula is C14H21O. The molecule has 0 heterocycles. The summed E-state index contributed by atoms with van der Waals surface area (Å²) in [6.07, 6.45) is 3.19. The van der Waals surface area contributed by atoms with Crippen LogP contribution in [0.5, 0.6) is 5.75 Å². The van der Waals surface area contributed by atoms with E-state index in [9.17, 15) is 5.11 Å². The molecule has 0 bridgehead atoms. The zero-order valence-electron chi connectivity index (χ0n) is 10.5. The fourth-order valence-corrected chi connectivity index (χ4v) is 2.01. The van der Waals surface area contributed by atoms with E-state index in [1.54, 1.807) is 0 Å². The van der Waals surface area contributed by atoms with Gasteiger partial charge in [0, 0.05) is 5.56 Å². The zero-order valence-corrected chi connectivity index (χ0v) is 10.5. The molecule has 1 aromatic rings. The van der Waals surface area contributed by atoms with Crippen molar-refractivity contribution in [1.82, 2.24) is 0 Å². The second kappa shape index (κ2) is 4.69. The first-order valence-electron chi connectivity index (χ1n) is 5.76. The van der Waals surface area contributed by atoms with E-state index in [0.29, 0.717) is 0 Å². The molecule has 0 aliphatic heterocycles. The molecule has 1 rings (SSSR count). The number of benzene rings is 1. The van der Waals surface area contributed by atoms with Crippen molar-refractivity contribution < 1.29 is 5.11 Å². The smallest absolute Gasteiger partial charge is 0.185 e. The quantitative estimate of drug-likeness (QED) is 0.696. The zero-order chi connectivity index (χ0) is 11.6. The van der Waals surface area contributed by atoms with Gasteiger partial charge in [0.25, 0.3) is 0 Å². The fraction of sp³-hybridized carbons (Fsp3) is 0.571. The minimum atomic E-state index is 0.268. The Morgan fingerprint density at radius 1 is 0.867 bits per heavy atom. The van der Waals surface area contributed by atoms with Gasteiger partial charge >= 0.3 is 0 Å². The Kier molecular flexibility index (Phi) is 3.78. The lowest BCUT2D eigenvalue weighted by atomic mass is 9.91. The van der Waals surface area contributed by atoms with Crippen molar-refractivity contribution in [3.05, 3.63) is 27.8 Å². The highest BCUT2D eigenvalue weighted by Crippen LogP contribution is 2.33. The van der Waals surface area contributed by atoms with Crippen molar-refractivity contribution in [3.8, 4) is 5.75 Å². The maximum Gasteiger partial charge on any atom is 0.185 e. The Morgan fingerprint density at radius 2 is 1.40 bits per heavy atom. The van der Waals surface area contributed by atoms with Crippen molar-refractivity contribution >= 4 is 0 Å². The van der Waals surface area contributed by atoms with Gasteiger partial charge in [0.15, 0.2) is 5.75 Å². The lowest BCUT2D eigenvalue weighted by Crippen LogP contribution is -1.99. The Balaban J connectivity index is 3.26. The summed E-state index contributed by atoms with van der Waals surface area (Å²) in [6, 6.07) is 0. The van der Waals surface area contributed by atoms with E-state index in [2.05, 4.69) is 20.8 Å². The van der Waals surface area contributed by atoms with Gasteiger partial charge in [0.2, 0.25) is 0 Å². The summed E-state index contributed by atoms with van der Waals surface area (Å²) in [4.78, 5) is 0. The summed E-state index contributed by atoms with van der Waals surface area (Å²) in [6.45, 7) is 10.3. The molecule has 0 atom stereocenters. The maximum atomic E-state index is 12.1. The van der Waals surface area contributed by atoms with E-state index < -0.39 is 0 Å². The molecule has 15 heavy (non-hydrogen) atoms. The summed E-state index contributed by atoms with van der Waals surface area (Å²) >= 11 is 0. The van der Waals surface area contributed by atoms with Gasteiger partial charge in [-0.05, 0) is 62.8 Å². The minimum absolute atomic E-state index is 0.268. The van der Waals surface area contributed by atoms with Crippen molar-refractivity contribution in [2.75, 3.05) is 0 Å². The first kappa shape index (κ1) is 12.1. The van der Waals surface area contributed by atoms with Gasteiger partial charge in [-0.25, -0.2) is 0 Å². The predicted octanol–water partition coefficient (Wildman–Crippen LogP) is 4.41. The third kappa shape index (κ3) is 2.17. The lowest BCUT2D eigenvalue weighted by molar-refractivity contribution is 0.345. The molecule has 0 fully saturated rings. The van der Waals surface area contributed by atoms with Gasteiger partial charge in [0.1, 0.15) is 0 Å². The number of rotatable bonds is 3. The Labute approximate surface area is 93.1 Å². The molecule has 0 amide bonds. The van der Waals surface area contributed by atoms with Crippen LogP contribution in [0.25, 0.3) is 0 Å². The summed E-state index contributed by atoms with van der Waals surface area (Å²) < 4.78 is 0. The van der Waals surface area contributed by atoms with E-state index in [4.69, 9.17) is 0 Å². The number of hydrogen-bond acceptors (Lipinski definition) is 0. The van der Waals surface area contributed by atoms with E-state index in [-0.39, 0.29) is 5.75 Å². The highest BCUT2D eigenvalue weighted by Gasteiger charge is 2.15. The molecular weight excluding hydrogens is 184 g/mol. The largest absolute Gasteiger partial charge is 0.289 e. The molecule has 1 radical (unpaired) electrons. The Morgan fingerprint density at radius 3 is 1.93 bits per heavy atom. The van der Waals surface area contributed by atoms with E-state index >= 15 is 0 Å². The normalized spacial score (nSPS) is 10.7. The molecule has 0 saturated carbocycles. The predicted molar refractivity (Wildman–Crippen MR) is 64.1 cm³/mol. The average molecular weight is 205 g/mol. The maximum absolute atomic E-state index is 12.1. The second-order valence-corrected chi connectivity index (χ2v) is 4.41. The fourth-order valence-electron chi connectivity index (χ4n) is 2.01. The van der Waals surface area contributed by atoms with Crippen LogP contribution in [0.1, 0.15) is 47.6 Å². The number of unbranched alkanes of at least 4 members (excludes halogenated alkanes) is 1. The minimum Gasteiger partial charge on any atom is -0.289 e. The summed E-state index contributed by atoms with van der Waals surface area (Å²) in [5.74, 6) is 0.268. The van der Waals surface area contributed by atoms with E-state index in [0.717, 1.165) is 36.0 Å². The molecule has 0 unspecified atom stereocenters. The lowest BCUT2D eigenvalue weighted by Gasteiger charge is -2.15. The summed E-state index contributed by atoms with van der Waals surface area (Å²) in [5, 5.41) is 12.1. The standard InChI is InChI=1S/C14H21O/c1-6-7-8-13-11(4)9(2)10(3)12(5)14(13)15/h6-8H2,1-5H3. The van der Waals surface area contributed by atoms with Gasteiger partial charge in [-0.3, -0.25) is 5.11 Å². The van der Waals surface area contributed by atoms with Crippen LogP contribution in [0.4, 0.5) is 0 Å². The van der Waals surface area contributed by atoms with Gasteiger partial charge < -0.3 is 0 Å². The highest BCUT2D eigenvalue weighted by molar-refractivity contribution is 5.53. The van der Waals surface area contributed by atoms with Crippen LogP contribution in [0, 0.1) is 27.7 Å². The van der Waals surface area contributed by atoms with Gasteiger partial charge in [-0.1, -0.05) is 13.3 Å². The SMILES string of the molecule is CCCCc1c(C)c(C)c(C)c(C)c1[O]. The molecule has 1 aromatic carbocycles. The second-order valence-electron chi connectivity index (χ2n) is 4.41. The van der Waals surface area contributed by atoms with Crippen LogP contribution in [-0.4, -0.2) is 0 Å². The van der Waals surface area contributed by atoms with Crippen LogP contribution in [0.2, 0.25) is 0 Å². The number of hydrogen-bond donors (Lipinski definition) is 0.